The Morgan fingerprint density at radius 3 is 2.53 bits per heavy atom. The SMILES string of the molecule is CN(C)C(=O)C/C=C\CCCc1ccccc1. The van der Waals surface area contributed by atoms with Gasteiger partial charge in [0.2, 0.25) is 5.91 Å². The van der Waals surface area contributed by atoms with Gasteiger partial charge in [0.15, 0.2) is 0 Å². The second-order valence-corrected chi connectivity index (χ2v) is 4.34. The molecule has 2 heteroatoms. The zero-order valence-electron chi connectivity index (χ0n) is 10.7. The maximum atomic E-state index is 11.3. The molecule has 17 heavy (non-hydrogen) atoms. The van der Waals surface area contributed by atoms with Crippen molar-refractivity contribution in [3.05, 3.63) is 48.0 Å². The minimum atomic E-state index is 0.157. The van der Waals surface area contributed by atoms with Gasteiger partial charge in [-0.2, -0.15) is 0 Å². The average Bonchev–Trinajstić information content (AvgIpc) is 2.34. The number of aryl methyl sites for hydroxylation is 1. The highest BCUT2D eigenvalue weighted by atomic mass is 16.2. The van der Waals surface area contributed by atoms with Gasteiger partial charge in [-0.25, -0.2) is 0 Å². The average molecular weight is 231 g/mol. The fourth-order valence-corrected chi connectivity index (χ4v) is 1.55. The Morgan fingerprint density at radius 2 is 1.88 bits per heavy atom. The third-order valence-electron chi connectivity index (χ3n) is 2.64. The summed E-state index contributed by atoms with van der Waals surface area (Å²) in [4.78, 5) is 12.9. The lowest BCUT2D eigenvalue weighted by Crippen LogP contribution is -2.20. The molecule has 0 fully saturated rings. The third-order valence-corrected chi connectivity index (χ3v) is 2.64. The first kappa shape index (κ1) is 13.5. The molecule has 0 aliphatic carbocycles. The molecule has 0 spiro atoms. The van der Waals surface area contributed by atoms with Crippen LogP contribution in [0.3, 0.4) is 0 Å². The summed E-state index contributed by atoms with van der Waals surface area (Å²) in [7, 11) is 3.57. The summed E-state index contributed by atoms with van der Waals surface area (Å²) < 4.78 is 0. The van der Waals surface area contributed by atoms with Gasteiger partial charge in [-0.15, -0.1) is 0 Å². The Kier molecular flexibility index (Phi) is 6.08. The summed E-state index contributed by atoms with van der Waals surface area (Å²) in [5, 5.41) is 0. The largest absolute Gasteiger partial charge is 0.349 e. The Bertz CT molecular complexity index is 354. The molecular weight excluding hydrogens is 210 g/mol. The number of hydrogen-bond acceptors (Lipinski definition) is 1. The predicted octanol–water partition coefficient (Wildman–Crippen LogP) is 3.04. The van der Waals surface area contributed by atoms with E-state index >= 15 is 0 Å². The Balaban J connectivity index is 2.12. The van der Waals surface area contributed by atoms with Gasteiger partial charge in [-0.3, -0.25) is 4.79 Å². The highest BCUT2D eigenvalue weighted by Gasteiger charge is 1.98. The van der Waals surface area contributed by atoms with E-state index in [1.165, 1.54) is 5.56 Å². The first-order valence-electron chi connectivity index (χ1n) is 6.09. The summed E-state index contributed by atoms with van der Waals surface area (Å²) in [6.45, 7) is 0. The number of carbonyl (C=O) groups is 1. The summed E-state index contributed by atoms with van der Waals surface area (Å²) in [5.41, 5.74) is 1.38. The van der Waals surface area contributed by atoms with Gasteiger partial charge < -0.3 is 4.90 Å². The molecule has 0 aromatic heterocycles. The van der Waals surface area contributed by atoms with Gasteiger partial charge >= 0.3 is 0 Å². The number of nitrogens with zero attached hydrogens (tertiary/aromatic N) is 1. The van der Waals surface area contributed by atoms with E-state index in [0.717, 1.165) is 19.3 Å². The van der Waals surface area contributed by atoms with Gasteiger partial charge in [-0.1, -0.05) is 42.5 Å². The first-order valence-corrected chi connectivity index (χ1v) is 6.09. The number of hydrogen-bond donors (Lipinski definition) is 0. The summed E-state index contributed by atoms with van der Waals surface area (Å²) >= 11 is 0. The molecule has 0 heterocycles. The van der Waals surface area contributed by atoms with Crippen molar-refractivity contribution in [1.82, 2.24) is 4.90 Å². The van der Waals surface area contributed by atoms with Crippen molar-refractivity contribution >= 4 is 5.91 Å². The van der Waals surface area contributed by atoms with Crippen molar-refractivity contribution in [3.8, 4) is 0 Å². The molecule has 0 radical (unpaired) electrons. The molecule has 0 aliphatic heterocycles. The van der Waals surface area contributed by atoms with Crippen LogP contribution in [0.5, 0.6) is 0 Å². The maximum Gasteiger partial charge on any atom is 0.225 e. The van der Waals surface area contributed by atoms with Crippen molar-refractivity contribution in [3.63, 3.8) is 0 Å². The van der Waals surface area contributed by atoms with Gasteiger partial charge in [0.25, 0.3) is 0 Å². The van der Waals surface area contributed by atoms with Crippen LogP contribution in [0.25, 0.3) is 0 Å². The highest BCUT2D eigenvalue weighted by molar-refractivity contribution is 5.76. The van der Waals surface area contributed by atoms with E-state index in [1.54, 1.807) is 19.0 Å². The van der Waals surface area contributed by atoms with Crippen molar-refractivity contribution in [2.75, 3.05) is 14.1 Å². The van der Waals surface area contributed by atoms with Crippen LogP contribution in [0.15, 0.2) is 42.5 Å². The van der Waals surface area contributed by atoms with Crippen LogP contribution in [-0.2, 0) is 11.2 Å². The smallest absolute Gasteiger partial charge is 0.225 e. The predicted molar refractivity (Wildman–Crippen MR) is 71.8 cm³/mol. The van der Waals surface area contributed by atoms with Crippen LogP contribution in [0.1, 0.15) is 24.8 Å². The molecule has 0 aliphatic rings. The zero-order chi connectivity index (χ0) is 12.5. The van der Waals surface area contributed by atoms with Crippen molar-refractivity contribution < 1.29 is 4.79 Å². The molecule has 1 aromatic carbocycles. The highest BCUT2D eigenvalue weighted by Crippen LogP contribution is 2.05. The lowest BCUT2D eigenvalue weighted by molar-refractivity contribution is -0.127. The Hall–Kier alpha value is -1.57. The summed E-state index contributed by atoms with van der Waals surface area (Å²) in [6.07, 6.45) is 7.86. The third kappa shape index (κ3) is 5.91. The Morgan fingerprint density at radius 1 is 1.18 bits per heavy atom. The number of rotatable bonds is 6. The molecule has 1 amide bonds. The van der Waals surface area contributed by atoms with Crippen LogP contribution >= 0.6 is 0 Å². The number of unbranched alkanes of at least 4 members (excludes halogenated alkanes) is 1. The normalized spacial score (nSPS) is 10.7. The van der Waals surface area contributed by atoms with E-state index in [4.69, 9.17) is 0 Å². The second kappa shape index (κ2) is 7.66. The second-order valence-electron chi connectivity index (χ2n) is 4.34. The molecular formula is C15H21NO. The topological polar surface area (TPSA) is 20.3 Å². The molecule has 0 saturated heterocycles. The molecule has 1 aromatic rings. The van der Waals surface area contributed by atoms with Crippen molar-refractivity contribution in [2.45, 2.75) is 25.7 Å². The van der Waals surface area contributed by atoms with E-state index in [9.17, 15) is 4.79 Å². The molecule has 0 unspecified atom stereocenters. The van der Waals surface area contributed by atoms with Crippen LogP contribution in [0, 0.1) is 0 Å². The quantitative estimate of drug-likeness (QED) is 0.544. The lowest BCUT2D eigenvalue weighted by atomic mass is 10.1. The molecule has 0 atom stereocenters. The number of allylic oxidation sites excluding steroid dienone is 1. The van der Waals surface area contributed by atoms with E-state index in [-0.39, 0.29) is 5.91 Å². The van der Waals surface area contributed by atoms with Gasteiger partial charge in [0.1, 0.15) is 0 Å². The van der Waals surface area contributed by atoms with Crippen LogP contribution < -0.4 is 0 Å². The zero-order valence-corrected chi connectivity index (χ0v) is 10.7. The van der Waals surface area contributed by atoms with Crippen LogP contribution in [0.2, 0.25) is 0 Å². The minimum Gasteiger partial charge on any atom is -0.349 e. The van der Waals surface area contributed by atoms with E-state index in [0.29, 0.717) is 6.42 Å². The monoisotopic (exact) mass is 231 g/mol. The number of amides is 1. The fraction of sp³-hybridized carbons (Fsp3) is 0.400. The van der Waals surface area contributed by atoms with Crippen LogP contribution in [-0.4, -0.2) is 24.9 Å². The summed E-state index contributed by atoms with van der Waals surface area (Å²) in [6, 6.07) is 10.5. The summed E-state index contributed by atoms with van der Waals surface area (Å²) in [5.74, 6) is 0.157. The van der Waals surface area contributed by atoms with E-state index < -0.39 is 0 Å². The molecule has 92 valence electrons. The van der Waals surface area contributed by atoms with Crippen molar-refractivity contribution in [2.24, 2.45) is 0 Å². The molecule has 0 saturated carbocycles. The molecule has 0 N–H and O–H groups in total. The Labute approximate surface area is 104 Å². The number of benzene rings is 1. The number of carbonyl (C=O) groups excluding carboxylic acids is 1. The minimum absolute atomic E-state index is 0.157. The van der Waals surface area contributed by atoms with Crippen molar-refractivity contribution in [1.29, 1.82) is 0 Å². The van der Waals surface area contributed by atoms with Gasteiger partial charge in [0, 0.05) is 20.5 Å². The standard InChI is InChI=1S/C15H21NO/c1-16(2)15(17)13-9-4-3-6-10-14-11-7-5-8-12-14/h4-5,7-9,11-12H,3,6,10,13H2,1-2H3/b9-4-. The first-order chi connectivity index (χ1) is 8.20. The maximum absolute atomic E-state index is 11.3. The van der Waals surface area contributed by atoms with E-state index in [1.807, 2.05) is 12.1 Å². The molecule has 2 nitrogen and oxygen atoms in total. The fourth-order valence-electron chi connectivity index (χ4n) is 1.55. The lowest BCUT2D eigenvalue weighted by Gasteiger charge is -2.06. The van der Waals surface area contributed by atoms with Crippen LogP contribution in [0.4, 0.5) is 0 Å². The van der Waals surface area contributed by atoms with E-state index in [2.05, 4.69) is 30.3 Å². The van der Waals surface area contributed by atoms with Gasteiger partial charge in [-0.05, 0) is 24.8 Å². The molecule has 0 bridgehead atoms. The van der Waals surface area contributed by atoms with Gasteiger partial charge in [0.05, 0.1) is 0 Å². The molecule has 1 rings (SSSR count).